The molecular weight excluding hydrogens is 314 g/mol. The van der Waals surface area contributed by atoms with Gasteiger partial charge < -0.3 is 15.4 Å². The van der Waals surface area contributed by atoms with Crippen LogP contribution in [-0.4, -0.2) is 36.5 Å². The van der Waals surface area contributed by atoms with Gasteiger partial charge in [0.05, 0.1) is 19.2 Å². The SMILES string of the molecule is CCCC(N)C(=O)N1CCOC(c2ccc(F)c(F)c2)C1.Cl. The van der Waals surface area contributed by atoms with E-state index in [2.05, 4.69) is 0 Å². The molecule has 4 nitrogen and oxygen atoms in total. The van der Waals surface area contributed by atoms with Gasteiger partial charge in [-0.1, -0.05) is 19.4 Å². The summed E-state index contributed by atoms with van der Waals surface area (Å²) in [4.78, 5) is 13.8. The van der Waals surface area contributed by atoms with E-state index >= 15 is 0 Å². The van der Waals surface area contributed by atoms with E-state index in [0.717, 1.165) is 18.6 Å². The number of nitrogens with zero attached hydrogens (tertiary/aromatic N) is 1. The molecule has 0 spiro atoms. The van der Waals surface area contributed by atoms with E-state index in [1.165, 1.54) is 6.07 Å². The molecule has 1 fully saturated rings. The third-order valence-corrected chi connectivity index (χ3v) is 3.61. The molecule has 0 bridgehead atoms. The maximum atomic E-state index is 13.3. The van der Waals surface area contributed by atoms with Crippen molar-refractivity contribution in [1.29, 1.82) is 0 Å². The Morgan fingerprint density at radius 3 is 2.82 bits per heavy atom. The Kier molecular flexibility index (Phi) is 7.19. The van der Waals surface area contributed by atoms with Gasteiger partial charge >= 0.3 is 0 Å². The highest BCUT2D eigenvalue weighted by Crippen LogP contribution is 2.24. The Morgan fingerprint density at radius 1 is 1.45 bits per heavy atom. The zero-order valence-corrected chi connectivity index (χ0v) is 13.2. The van der Waals surface area contributed by atoms with E-state index in [0.29, 0.717) is 31.7 Å². The normalized spacial score (nSPS) is 19.5. The average molecular weight is 335 g/mol. The lowest BCUT2D eigenvalue weighted by molar-refractivity contribution is -0.140. The molecule has 1 aromatic carbocycles. The quantitative estimate of drug-likeness (QED) is 0.920. The van der Waals surface area contributed by atoms with Crippen LogP contribution >= 0.6 is 12.4 Å². The number of benzene rings is 1. The standard InChI is InChI=1S/C15H20F2N2O2.ClH/c1-2-3-13(18)15(20)19-6-7-21-14(9-19)10-4-5-11(16)12(17)8-10;/h4-5,8,13-14H,2-3,6-7,9,18H2,1H3;1H. The summed E-state index contributed by atoms with van der Waals surface area (Å²) in [5.41, 5.74) is 6.37. The molecule has 1 heterocycles. The molecule has 2 atom stereocenters. The second-order valence-corrected chi connectivity index (χ2v) is 5.21. The topological polar surface area (TPSA) is 55.6 Å². The first-order valence-electron chi connectivity index (χ1n) is 7.13. The van der Waals surface area contributed by atoms with Crippen LogP contribution in [0, 0.1) is 11.6 Å². The fourth-order valence-electron chi connectivity index (χ4n) is 2.43. The van der Waals surface area contributed by atoms with Crippen LogP contribution in [0.25, 0.3) is 0 Å². The zero-order valence-electron chi connectivity index (χ0n) is 12.4. The van der Waals surface area contributed by atoms with Gasteiger partial charge in [-0.3, -0.25) is 4.79 Å². The maximum Gasteiger partial charge on any atom is 0.239 e. The number of ether oxygens (including phenoxy) is 1. The van der Waals surface area contributed by atoms with Gasteiger partial charge in [-0.15, -0.1) is 12.4 Å². The predicted molar refractivity (Wildman–Crippen MR) is 81.8 cm³/mol. The van der Waals surface area contributed by atoms with E-state index in [1.807, 2.05) is 6.92 Å². The van der Waals surface area contributed by atoms with Crippen LogP contribution in [-0.2, 0) is 9.53 Å². The summed E-state index contributed by atoms with van der Waals surface area (Å²) in [7, 11) is 0. The average Bonchev–Trinajstić information content (AvgIpc) is 2.49. The van der Waals surface area contributed by atoms with Crippen LogP contribution in [0.2, 0.25) is 0 Å². The summed E-state index contributed by atoms with van der Waals surface area (Å²) in [6.45, 7) is 3.10. The largest absolute Gasteiger partial charge is 0.370 e. The highest BCUT2D eigenvalue weighted by atomic mass is 35.5. The van der Waals surface area contributed by atoms with Crippen molar-refractivity contribution in [2.75, 3.05) is 19.7 Å². The molecule has 2 rings (SSSR count). The van der Waals surface area contributed by atoms with Crippen LogP contribution in [0.5, 0.6) is 0 Å². The molecule has 0 aromatic heterocycles. The number of halogens is 3. The van der Waals surface area contributed by atoms with Gasteiger partial charge in [0.1, 0.15) is 6.10 Å². The van der Waals surface area contributed by atoms with Crippen molar-refractivity contribution in [3.63, 3.8) is 0 Å². The van der Waals surface area contributed by atoms with E-state index in [9.17, 15) is 13.6 Å². The molecule has 7 heteroatoms. The number of morpholine rings is 1. The molecule has 1 aromatic rings. The van der Waals surface area contributed by atoms with Gasteiger partial charge in [0.2, 0.25) is 5.91 Å². The van der Waals surface area contributed by atoms with Crippen molar-refractivity contribution in [2.24, 2.45) is 5.73 Å². The first kappa shape index (κ1) is 18.8. The van der Waals surface area contributed by atoms with Gasteiger partial charge in [-0.2, -0.15) is 0 Å². The molecule has 0 aliphatic carbocycles. The molecule has 0 saturated carbocycles. The summed E-state index contributed by atoms with van der Waals surface area (Å²) in [5.74, 6) is -1.93. The van der Waals surface area contributed by atoms with Gasteiger partial charge in [0.25, 0.3) is 0 Å². The minimum Gasteiger partial charge on any atom is -0.370 e. The summed E-state index contributed by atoms with van der Waals surface area (Å²) in [6.07, 6.45) is 1.02. The number of carbonyl (C=O) groups excluding carboxylic acids is 1. The van der Waals surface area contributed by atoms with Crippen molar-refractivity contribution in [2.45, 2.75) is 31.9 Å². The molecule has 0 radical (unpaired) electrons. The lowest BCUT2D eigenvalue weighted by Gasteiger charge is -2.34. The Morgan fingerprint density at radius 2 is 2.18 bits per heavy atom. The smallest absolute Gasteiger partial charge is 0.239 e. The van der Waals surface area contributed by atoms with Gasteiger partial charge in [-0.05, 0) is 24.1 Å². The Balaban J connectivity index is 0.00000242. The molecule has 2 N–H and O–H groups in total. The van der Waals surface area contributed by atoms with E-state index < -0.39 is 23.8 Å². The Labute approximate surface area is 135 Å². The molecule has 2 unspecified atom stereocenters. The Bertz CT molecular complexity index is 516. The van der Waals surface area contributed by atoms with E-state index in [-0.39, 0.29) is 18.3 Å². The van der Waals surface area contributed by atoms with Gasteiger partial charge in [0, 0.05) is 6.54 Å². The summed E-state index contributed by atoms with van der Waals surface area (Å²) >= 11 is 0. The van der Waals surface area contributed by atoms with Crippen molar-refractivity contribution in [3.8, 4) is 0 Å². The van der Waals surface area contributed by atoms with Crippen LogP contribution in [0.3, 0.4) is 0 Å². The summed E-state index contributed by atoms with van der Waals surface area (Å²) in [5, 5.41) is 0. The fraction of sp³-hybridized carbons (Fsp3) is 0.533. The molecule has 1 amide bonds. The number of rotatable bonds is 4. The lowest BCUT2D eigenvalue weighted by atomic mass is 10.1. The summed E-state index contributed by atoms with van der Waals surface area (Å²) in [6, 6.07) is 3.14. The van der Waals surface area contributed by atoms with Crippen LogP contribution in [0.1, 0.15) is 31.4 Å². The number of amides is 1. The van der Waals surface area contributed by atoms with Crippen molar-refractivity contribution >= 4 is 18.3 Å². The monoisotopic (exact) mass is 334 g/mol. The zero-order chi connectivity index (χ0) is 15.4. The molecular formula is C15H21ClF2N2O2. The highest BCUT2D eigenvalue weighted by molar-refractivity contribution is 5.85. The first-order valence-corrected chi connectivity index (χ1v) is 7.13. The van der Waals surface area contributed by atoms with Crippen molar-refractivity contribution in [1.82, 2.24) is 4.90 Å². The van der Waals surface area contributed by atoms with E-state index in [1.54, 1.807) is 4.90 Å². The van der Waals surface area contributed by atoms with Crippen molar-refractivity contribution in [3.05, 3.63) is 35.4 Å². The number of carbonyl (C=O) groups is 1. The number of hydrogen-bond acceptors (Lipinski definition) is 3. The second-order valence-electron chi connectivity index (χ2n) is 5.21. The lowest BCUT2D eigenvalue weighted by Crippen LogP contribution is -2.49. The third kappa shape index (κ3) is 4.38. The minimum atomic E-state index is -0.915. The van der Waals surface area contributed by atoms with Gasteiger partial charge in [0.15, 0.2) is 11.6 Å². The first-order chi connectivity index (χ1) is 10.0. The number of nitrogens with two attached hydrogens (primary N) is 1. The van der Waals surface area contributed by atoms with Crippen LogP contribution in [0.4, 0.5) is 8.78 Å². The number of hydrogen-bond donors (Lipinski definition) is 1. The molecule has 1 saturated heterocycles. The molecule has 22 heavy (non-hydrogen) atoms. The van der Waals surface area contributed by atoms with Crippen LogP contribution in [0.15, 0.2) is 18.2 Å². The van der Waals surface area contributed by atoms with Crippen molar-refractivity contribution < 1.29 is 18.3 Å². The summed E-state index contributed by atoms with van der Waals surface area (Å²) < 4.78 is 31.8. The fourth-order valence-corrected chi connectivity index (χ4v) is 2.43. The third-order valence-electron chi connectivity index (χ3n) is 3.61. The predicted octanol–water partition coefficient (Wildman–Crippen LogP) is 2.41. The minimum absolute atomic E-state index is 0. The highest BCUT2D eigenvalue weighted by Gasteiger charge is 2.28. The second kappa shape index (κ2) is 8.41. The molecule has 1 aliphatic rings. The Hall–Kier alpha value is -1.24. The van der Waals surface area contributed by atoms with Gasteiger partial charge in [-0.25, -0.2) is 8.78 Å². The van der Waals surface area contributed by atoms with E-state index in [4.69, 9.17) is 10.5 Å². The maximum absolute atomic E-state index is 13.3. The van der Waals surface area contributed by atoms with Crippen LogP contribution < -0.4 is 5.73 Å². The molecule has 124 valence electrons. The molecule has 1 aliphatic heterocycles.